The second-order valence-electron chi connectivity index (χ2n) is 7.17. The normalized spacial score (nSPS) is 24.1. The molecule has 124 valence electrons. The lowest BCUT2D eigenvalue weighted by Gasteiger charge is -2.33. The topological polar surface area (TPSA) is 49.4 Å². The van der Waals surface area contributed by atoms with Crippen LogP contribution in [-0.2, 0) is 4.79 Å². The maximum Gasteiger partial charge on any atom is 0.253 e. The van der Waals surface area contributed by atoms with Gasteiger partial charge in [-0.15, -0.1) is 0 Å². The van der Waals surface area contributed by atoms with Crippen LogP contribution in [0.5, 0.6) is 0 Å². The van der Waals surface area contributed by atoms with Gasteiger partial charge in [-0.25, -0.2) is 0 Å². The molecule has 1 aromatic rings. The van der Waals surface area contributed by atoms with Crippen LogP contribution < -0.4 is 5.32 Å². The largest absolute Gasteiger partial charge is 0.339 e. The Kier molecular flexibility index (Phi) is 4.69. The van der Waals surface area contributed by atoms with Crippen molar-refractivity contribution in [2.45, 2.75) is 51.5 Å². The van der Waals surface area contributed by atoms with Crippen molar-refractivity contribution in [1.82, 2.24) is 4.90 Å². The lowest BCUT2D eigenvalue weighted by atomic mass is 9.86. The van der Waals surface area contributed by atoms with Gasteiger partial charge in [0.25, 0.3) is 5.91 Å². The number of hydrogen-bond donors (Lipinski definition) is 1. The first-order valence-corrected chi connectivity index (χ1v) is 8.72. The summed E-state index contributed by atoms with van der Waals surface area (Å²) in [6.07, 6.45) is 6.52. The summed E-state index contributed by atoms with van der Waals surface area (Å²) in [5.74, 6) is 1.06. The Morgan fingerprint density at radius 1 is 1.09 bits per heavy atom. The molecule has 2 fully saturated rings. The summed E-state index contributed by atoms with van der Waals surface area (Å²) in [5, 5.41) is 2.91. The van der Waals surface area contributed by atoms with E-state index < -0.39 is 0 Å². The van der Waals surface area contributed by atoms with Gasteiger partial charge in [-0.3, -0.25) is 9.59 Å². The van der Waals surface area contributed by atoms with Gasteiger partial charge in [-0.2, -0.15) is 0 Å². The van der Waals surface area contributed by atoms with Crippen LogP contribution in [0.25, 0.3) is 0 Å². The minimum atomic E-state index is 0.0482. The highest BCUT2D eigenvalue weighted by molar-refractivity contribution is 5.98. The zero-order valence-electron chi connectivity index (χ0n) is 14.0. The summed E-state index contributed by atoms with van der Waals surface area (Å²) in [4.78, 5) is 26.5. The third kappa shape index (κ3) is 3.92. The van der Waals surface area contributed by atoms with Gasteiger partial charge in [0.15, 0.2) is 0 Å². The van der Waals surface area contributed by atoms with Gasteiger partial charge >= 0.3 is 0 Å². The molecule has 23 heavy (non-hydrogen) atoms. The molecule has 2 saturated carbocycles. The van der Waals surface area contributed by atoms with Crippen molar-refractivity contribution < 1.29 is 9.59 Å². The molecule has 0 aliphatic heterocycles. The quantitative estimate of drug-likeness (QED) is 0.921. The second-order valence-corrected chi connectivity index (χ2v) is 7.17. The molecule has 1 aromatic carbocycles. The van der Waals surface area contributed by atoms with Crippen LogP contribution in [0, 0.1) is 11.8 Å². The Morgan fingerprint density at radius 3 is 2.43 bits per heavy atom. The molecule has 0 heterocycles. The van der Waals surface area contributed by atoms with Crippen LogP contribution >= 0.6 is 0 Å². The van der Waals surface area contributed by atoms with E-state index in [1.54, 1.807) is 6.07 Å². The first kappa shape index (κ1) is 16.0. The molecule has 4 heteroatoms. The van der Waals surface area contributed by atoms with Crippen molar-refractivity contribution in [3.05, 3.63) is 29.8 Å². The minimum absolute atomic E-state index is 0.0482. The first-order chi connectivity index (χ1) is 11.0. The predicted octanol–water partition coefficient (Wildman–Crippen LogP) is 3.69. The Labute approximate surface area is 138 Å². The van der Waals surface area contributed by atoms with Crippen molar-refractivity contribution in [3.63, 3.8) is 0 Å². The molecule has 3 rings (SSSR count). The Morgan fingerprint density at radius 2 is 1.78 bits per heavy atom. The van der Waals surface area contributed by atoms with Gasteiger partial charge in [0, 0.05) is 30.3 Å². The van der Waals surface area contributed by atoms with Gasteiger partial charge < -0.3 is 10.2 Å². The van der Waals surface area contributed by atoms with E-state index in [0.29, 0.717) is 11.6 Å². The third-order valence-electron chi connectivity index (χ3n) is 5.18. The van der Waals surface area contributed by atoms with Crippen molar-refractivity contribution in [2.75, 3.05) is 12.4 Å². The monoisotopic (exact) mass is 314 g/mol. The van der Waals surface area contributed by atoms with E-state index in [2.05, 4.69) is 12.2 Å². The molecule has 0 unspecified atom stereocenters. The number of benzene rings is 1. The fraction of sp³-hybridized carbons (Fsp3) is 0.579. The van der Waals surface area contributed by atoms with Gasteiger partial charge in [-0.1, -0.05) is 13.0 Å². The smallest absolute Gasteiger partial charge is 0.253 e. The molecule has 0 spiro atoms. The number of carbonyl (C=O) groups excluding carboxylic acids is 2. The summed E-state index contributed by atoms with van der Waals surface area (Å²) in [6, 6.07) is 7.65. The highest BCUT2D eigenvalue weighted by atomic mass is 16.2. The fourth-order valence-corrected chi connectivity index (χ4v) is 3.32. The van der Waals surface area contributed by atoms with Crippen LogP contribution in [0.1, 0.15) is 55.8 Å². The van der Waals surface area contributed by atoms with Gasteiger partial charge in [0.2, 0.25) is 5.91 Å². The van der Waals surface area contributed by atoms with Crippen LogP contribution in [0.4, 0.5) is 5.69 Å². The highest BCUT2D eigenvalue weighted by Gasteiger charge is 2.30. The molecular formula is C19H26N2O2. The molecule has 2 aliphatic carbocycles. The number of amides is 2. The maximum atomic E-state index is 12.7. The number of hydrogen-bond acceptors (Lipinski definition) is 2. The van der Waals surface area contributed by atoms with Crippen molar-refractivity contribution in [3.8, 4) is 0 Å². The molecule has 0 aromatic heterocycles. The molecule has 1 N–H and O–H groups in total. The molecule has 0 radical (unpaired) electrons. The zero-order valence-corrected chi connectivity index (χ0v) is 14.0. The van der Waals surface area contributed by atoms with Gasteiger partial charge in [0.1, 0.15) is 0 Å². The van der Waals surface area contributed by atoms with Crippen LogP contribution in [0.15, 0.2) is 24.3 Å². The van der Waals surface area contributed by atoms with Gasteiger partial charge in [-0.05, 0) is 62.6 Å². The van der Waals surface area contributed by atoms with Gasteiger partial charge in [0.05, 0.1) is 0 Å². The Balaban J connectivity index is 1.65. The van der Waals surface area contributed by atoms with Crippen molar-refractivity contribution >= 4 is 17.5 Å². The summed E-state index contributed by atoms with van der Waals surface area (Å²) in [7, 11) is 1.90. The Bertz CT molecular complexity index is 587. The average Bonchev–Trinajstić information content (AvgIpc) is 3.39. The lowest BCUT2D eigenvalue weighted by Crippen LogP contribution is -2.39. The number of nitrogens with one attached hydrogen (secondary N) is 1. The number of nitrogens with zero attached hydrogens (tertiary/aromatic N) is 1. The Hall–Kier alpha value is -1.84. The first-order valence-electron chi connectivity index (χ1n) is 8.72. The zero-order chi connectivity index (χ0) is 16.4. The number of carbonyl (C=O) groups is 2. The number of rotatable bonds is 4. The summed E-state index contributed by atoms with van der Waals surface area (Å²) < 4.78 is 0. The van der Waals surface area contributed by atoms with E-state index in [1.807, 2.05) is 30.1 Å². The van der Waals surface area contributed by atoms with Crippen molar-refractivity contribution in [2.24, 2.45) is 11.8 Å². The highest BCUT2D eigenvalue weighted by Crippen LogP contribution is 2.30. The van der Waals surface area contributed by atoms with E-state index in [0.717, 1.165) is 37.3 Å². The van der Waals surface area contributed by atoms with Crippen molar-refractivity contribution in [1.29, 1.82) is 0 Å². The molecule has 4 nitrogen and oxygen atoms in total. The number of anilines is 1. The molecule has 0 atom stereocenters. The fourth-order valence-electron chi connectivity index (χ4n) is 3.32. The van der Waals surface area contributed by atoms with E-state index >= 15 is 0 Å². The van der Waals surface area contributed by atoms with Crippen LogP contribution in [-0.4, -0.2) is 29.8 Å². The standard InChI is InChI=1S/C19H26N2O2/c1-13-6-10-17(11-7-13)21(2)19(23)15-4-3-5-16(12-15)20-18(22)14-8-9-14/h3-5,12-14,17H,6-11H2,1-2H3,(H,20,22). The van der Waals surface area contributed by atoms with Crippen LogP contribution in [0.2, 0.25) is 0 Å². The molecular weight excluding hydrogens is 288 g/mol. The summed E-state index contributed by atoms with van der Waals surface area (Å²) in [5.41, 5.74) is 1.37. The average molecular weight is 314 g/mol. The third-order valence-corrected chi connectivity index (χ3v) is 5.18. The molecule has 0 bridgehead atoms. The predicted molar refractivity (Wildman–Crippen MR) is 91.3 cm³/mol. The van der Waals surface area contributed by atoms with E-state index in [-0.39, 0.29) is 17.7 Å². The van der Waals surface area contributed by atoms with E-state index in [1.165, 1.54) is 12.8 Å². The minimum Gasteiger partial charge on any atom is -0.339 e. The SMILES string of the molecule is CC1CCC(N(C)C(=O)c2cccc(NC(=O)C3CC3)c2)CC1. The lowest BCUT2D eigenvalue weighted by molar-refractivity contribution is -0.117. The maximum absolute atomic E-state index is 12.7. The van der Waals surface area contributed by atoms with Crippen LogP contribution in [0.3, 0.4) is 0 Å². The summed E-state index contributed by atoms with van der Waals surface area (Å²) in [6.45, 7) is 2.28. The molecule has 0 saturated heterocycles. The summed E-state index contributed by atoms with van der Waals surface area (Å²) >= 11 is 0. The molecule has 2 aliphatic rings. The van der Waals surface area contributed by atoms with E-state index in [9.17, 15) is 9.59 Å². The van der Waals surface area contributed by atoms with E-state index in [4.69, 9.17) is 0 Å². The molecule has 2 amide bonds. The second kappa shape index (κ2) is 6.73.